The van der Waals surface area contributed by atoms with Crippen LogP contribution >= 0.6 is 11.3 Å². The van der Waals surface area contributed by atoms with E-state index < -0.39 is 0 Å². The predicted molar refractivity (Wildman–Crippen MR) is 84.0 cm³/mol. The van der Waals surface area contributed by atoms with E-state index in [1.807, 2.05) is 6.07 Å². The third-order valence-electron chi connectivity index (χ3n) is 3.31. The van der Waals surface area contributed by atoms with Crippen LogP contribution in [0, 0.1) is 5.21 Å². The van der Waals surface area contributed by atoms with Gasteiger partial charge in [0, 0.05) is 18.2 Å². The van der Waals surface area contributed by atoms with E-state index in [9.17, 15) is 10.0 Å². The van der Waals surface area contributed by atoms with E-state index in [2.05, 4.69) is 10.3 Å². The molecule has 8 heteroatoms. The number of carbonyl (C=O) groups excluding carboxylic acids is 1. The molecule has 1 N–H and O–H groups in total. The summed E-state index contributed by atoms with van der Waals surface area (Å²) >= 11 is 1.33. The summed E-state index contributed by atoms with van der Waals surface area (Å²) in [5.74, 6) is 0.953. The summed E-state index contributed by atoms with van der Waals surface area (Å²) in [5.41, 5.74) is 0.995. The lowest BCUT2D eigenvalue weighted by Crippen LogP contribution is -2.27. The van der Waals surface area contributed by atoms with Crippen molar-refractivity contribution in [1.29, 1.82) is 0 Å². The van der Waals surface area contributed by atoms with Crippen molar-refractivity contribution in [2.75, 3.05) is 18.5 Å². The van der Waals surface area contributed by atoms with Crippen LogP contribution in [-0.4, -0.2) is 24.1 Å². The zero-order chi connectivity index (χ0) is 15.8. The van der Waals surface area contributed by atoms with Gasteiger partial charge in [-0.3, -0.25) is 10.1 Å². The lowest BCUT2D eigenvalue weighted by atomic mass is 10.3. The lowest BCUT2D eigenvalue weighted by molar-refractivity contribution is -0.605. The second-order valence-corrected chi connectivity index (χ2v) is 5.92. The zero-order valence-corrected chi connectivity index (χ0v) is 12.6. The van der Waals surface area contributed by atoms with E-state index in [4.69, 9.17) is 9.47 Å². The number of anilines is 1. The Kier molecular flexibility index (Phi) is 3.23. The first kappa shape index (κ1) is 13.8. The van der Waals surface area contributed by atoms with Crippen molar-refractivity contribution >= 4 is 32.6 Å². The summed E-state index contributed by atoms with van der Waals surface area (Å²) < 4.78 is 12.5. The summed E-state index contributed by atoms with van der Waals surface area (Å²) in [6.07, 6.45) is 2.53. The highest BCUT2D eigenvalue weighted by Crippen LogP contribution is 2.37. The number of nitrogens with one attached hydrogen (secondary N) is 1. The molecule has 4 rings (SSSR count). The number of rotatable bonds is 2. The largest absolute Gasteiger partial charge is 0.619 e. The maximum atomic E-state index is 12.2. The van der Waals surface area contributed by atoms with E-state index in [0.717, 1.165) is 10.2 Å². The molecule has 116 valence electrons. The van der Waals surface area contributed by atoms with Crippen molar-refractivity contribution in [3.05, 3.63) is 47.4 Å². The number of carbonyl (C=O) groups is 1. The Labute approximate surface area is 134 Å². The van der Waals surface area contributed by atoms with Gasteiger partial charge >= 0.3 is 0 Å². The first-order valence-electron chi connectivity index (χ1n) is 6.89. The standard InChI is InChI=1S/C15H11N3O4S/c19-14(9-2-1-3-18(20)8-9)17-15-16-10-6-11-12(7-13(10)23-15)22-5-4-21-11/h1-3,6-8H,4-5H2,(H,16,17,19). The van der Waals surface area contributed by atoms with Crippen molar-refractivity contribution in [2.24, 2.45) is 0 Å². The third kappa shape index (κ3) is 2.64. The van der Waals surface area contributed by atoms with Crippen LogP contribution in [-0.2, 0) is 0 Å². The molecule has 3 heterocycles. The second kappa shape index (κ2) is 5.40. The van der Waals surface area contributed by atoms with Gasteiger partial charge in [0.2, 0.25) is 0 Å². The quantitative estimate of drug-likeness (QED) is 0.573. The minimum atomic E-state index is -0.383. The van der Waals surface area contributed by atoms with Crippen LogP contribution in [0.25, 0.3) is 10.2 Å². The fourth-order valence-electron chi connectivity index (χ4n) is 2.28. The number of hydrogen-bond donors (Lipinski definition) is 1. The molecular formula is C15H11N3O4S. The molecule has 0 bridgehead atoms. The van der Waals surface area contributed by atoms with E-state index >= 15 is 0 Å². The number of ether oxygens (including phenoxy) is 2. The molecular weight excluding hydrogens is 318 g/mol. The topological polar surface area (TPSA) is 87.4 Å². The van der Waals surface area contributed by atoms with Gasteiger partial charge in [-0.15, -0.1) is 0 Å². The molecule has 3 aromatic rings. The van der Waals surface area contributed by atoms with Crippen LogP contribution in [0.4, 0.5) is 5.13 Å². The fourth-order valence-corrected chi connectivity index (χ4v) is 3.15. The molecule has 0 saturated carbocycles. The number of pyridine rings is 1. The molecule has 0 unspecified atom stereocenters. The number of aromatic nitrogens is 2. The van der Waals surface area contributed by atoms with Gasteiger partial charge in [-0.05, 0) is 6.07 Å². The minimum Gasteiger partial charge on any atom is -0.619 e. The molecule has 0 spiro atoms. The van der Waals surface area contributed by atoms with E-state index in [-0.39, 0.29) is 11.5 Å². The van der Waals surface area contributed by atoms with Crippen molar-refractivity contribution in [3.8, 4) is 11.5 Å². The van der Waals surface area contributed by atoms with Gasteiger partial charge in [-0.1, -0.05) is 11.3 Å². The van der Waals surface area contributed by atoms with Crippen LogP contribution in [0.15, 0.2) is 36.7 Å². The molecule has 1 amide bonds. The average molecular weight is 329 g/mol. The molecule has 23 heavy (non-hydrogen) atoms. The van der Waals surface area contributed by atoms with Crippen molar-refractivity contribution in [1.82, 2.24) is 4.98 Å². The Morgan fingerprint density at radius 2 is 2.09 bits per heavy atom. The Hall–Kier alpha value is -2.87. The molecule has 0 fully saturated rings. The molecule has 0 saturated heterocycles. The number of fused-ring (bicyclic) bond motifs is 2. The Morgan fingerprint density at radius 3 is 2.87 bits per heavy atom. The molecule has 0 atom stereocenters. The summed E-state index contributed by atoms with van der Waals surface area (Å²) in [5, 5.41) is 14.4. The van der Waals surface area contributed by atoms with Crippen LogP contribution in [0.5, 0.6) is 11.5 Å². The van der Waals surface area contributed by atoms with E-state index in [0.29, 0.717) is 34.6 Å². The predicted octanol–water partition coefficient (Wildman–Crippen LogP) is 1.95. The van der Waals surface area contributed by atoms with E-state index in [1.54, 1.807) is 12.1 Å². The molecule has 7 nitrogen and oxygen atoms in total. The highest BCUT2D eigenvalue weighted by molar-refractivity contribution is 7.22. The first-order valence-corrected chi connectivity index (χ1v) is 7.71. The Morgan fingerprint density at radius 1 is 1.30 bits per heavy atom. The molecule has 0 aliphatic carbocycles. The highest BCUT2D eigenvalue weighted by atomic mass is 32.1. The van der Waals surface area contributed by atoms with Gasteiger partial charge in [-0.2, -0.15) is 4.73 Å². The number of thiazole rings is 1. The number of nitrogens with zero attached hydrogens (tertiary/aromatic N) is 2. The summed E-state index contributed by atoms with van der Waals surface area (Å²) in [7, 11) is 0. The number of benzene rings is 1. The van der Waals surface area contributed by atoms with E-state index in [1.165, 1.54) is 29.8 Å². The SMILES string of the molecule is O=C(Nc1nc2cc3c(cc2s1)OCCO3)c1ccc[n+]([O-])c1. The van der Waals surface area contributed by atoms with Crippen molar-refractivity contribution in [3.63, 3.8) is 0 Å². The third-order valence-corrected chi connectivity index (χ3v) is 4.24. The van der Waals surface area contributed by atoms with Gasteiger partial charge in [0.05, 0.1) is 10.2 Å². The van der Waals surface area contributed by atoms with Crippen molar-refractivity contribution in [2.45, 2.75) is 0 Å². The summed E-state index contributed by atoms with van der Waals surface area (Å²) in [6, 6.07) is 6.73. The highest BCUT2D eigenvalue weighted by Gasteiger charge is 2.17. The van der Waals surface area contributed by atoms with Gasteiger partial charge in [0.15, 0.2) is 29.0 Å². The van der Waals surface area contributed by atoms with Crippen LogP contribution in [0.2, 0.25) is 0 Å². The number of amides is 1. The van der Waals surface area contributed by atoms with Crippen LogP contribution in [0.1, 0.15) is 10.4 Å². The molecule has 2 aromatic heterocycles. The molecule has 1 aliphatic rings. The van der Waals surface area contributed by atoms with Crippen molar-refractivity contribution < 1.29 is 19.0 Å². The zero-order valence-electron chi connectivity index (χ0n) is 11.8. The van der Waals surface area contributed by atoms with Gasteiger partial charge in [0.25, 0.3) is 5.91 Å². The smallest absolute Gasteiger partial charge is 0.263 e. The summed E-state index contributed by atoms with van der Waals surface area (Å²) in [6.45, 7) is 1.03. The maximum Gasteiger partial charge on any atom is 0.263 e. The minimum absolute atomic E-state index is 0.271. The van der Waals surface area contributed by atoms with Crippen LogP contribution in [0.3, 0.4) is 0 Å². The molecule has 1 aliphatic heterocycles. The fraction of sp³-hybridized carbons (Fsp3) is 0.133. The Balaban J connectivity index is 1.63. The van der Waals surface area contributed by atoms with Gasteiger partial charge in [-0.25, -0.2) is 4.98 Å². The van der Waals surface area contributed by atoms with Gasteiger partial charge < -0.3 is 14.7 Å². The second-order valence-electron chi connectivity index (χ2n) is 4.89. The number of hydrogen-bond acceptors (Lipinski definition) is 6. The average Bonchev–Trinajstić information content (AvgIpc) is 2.93. The lowest BCUT2D eigenvalue weighted by Gasteiger charge is -2.17. The monoisotopic (exact) mass is 329 g/mol. The maximum absolute atomic E-state index is 12.2. The summed E-state index contributed by atoms with van der Waals surface area (Å²) in [4.78, 5) is 16.5. The molecule has 0 radical (unpaired) electrons. The van der Waals surface area contributed by atoms with Crippen LogP contribution < -0.4 is 19.5 Å². The van der Waals surface area contributed by atoms with Gasteiger partial charge in [0.1, 0.15) is 18.8 Å². The molecule has 1 aromatic carbocycles. The Bertz CT molecular complexity index is 866. The normalized spacial score (nSPS) is 13.0. The first-order chi connectivity index (χ1) is 11.2.